The molecule has 3 heteroatoms. The maximum atomic E-state index is 4.06. The fraction of sp³-hybridized carbons (Fsp3) is 1.00. The van der Waals surface area contributed by atoms with E-state index in [4.69, 9.17) is 0 Å². The zero-order valence-electron chi connectivity index (χ0n) is 6.30. The molecule has 10 heavy (non-hydrogen) atoms. The molecule has 0 aromatic carbocycles. The highest BCUT2D eigenvalue weighted by Gasteiger charge is 2.42. The minimum atomic E-state index is 0.118. The van der Waals surface area contributed by atoms with E-state index in [1.54, 1.807) is 0 Å². The molecule has 0 aromatic rings. The molecule has 56 valence electrons. The van der Waals surface area contributed by atoms with Gasteiger partial charge in [0.25, 0.3) is 0 Å². The van der Waals surface area contributed by atoms with Crippen LogP contribution in [0.15, 0.2) is 10.2 Å². The van der Waals surface area contributed by atoms with Crippen molar-refractivity contribution in [1.29, 1.82) is 0 Å². The molecule has 1 spiro atoms. The highest BCUT2D eigenvalue weighted by atomic mass is 15.4. The Balaban J connectivity index is 1.84. The summed E-state index contributed by atoms with van der Waals surface area (Å²) in [5.41, 5.74) is 0.118. The molecular weight excluding hydrogens is 126 g/mol. The monoisotopic (exact) mass is 139 g/mol. The van der Waals surface area contributed by atoms with Crippen molar-refractivity contribution in [2.24, 2.45) is 10.2 Å². The highest BCUT2D eigenvalue weighted by molar-refractivity contribution is 4.98. The van der Waals surface area contributed by atoms with Crippen LogP contribution in [0.1, 0.15) is 25.7 Å². The average Bonchev–Trinajstić information content (AvgIpc) is 2.72. The van der Waals surface area contributed by atoms with E-state index in [0.717, 1.165) is 6.04 Å². The van der Waals surface area contributed by atoms with Crippen molar-refractivity contribution in [2.45, 2.75) is 37.4 Å². The van der Waals surface area contributed by atoms with Crippen molar-refractivity contribution in [2.75, 3.05) is 7.05 Å². The van der Waals surface area contributed by atoms with Crippen LogP contribution in [0, 0.1) is 0 Å². The molecule has 2 aliphatic rings. The zero-order valence-corrected chi connectivity index (χ0v) is 6.30. The first kappa shape index (κ1) is 6.28. The summed E-state index contributed by atoms with van der Waals surface area (Å²) in [5.74, 6) is 0. The summed E-state index contributed by atoms with van der Waals surface area (Å²) in [6.45, 7) is 0. The van der Waals surface area contributed by atoms with E-state index in [-0.39, 0.29) is 5.66 Å². The normalized spacial score (nSPS) is 29.3. The fourth-order valence-corrected chi connectivity index (χ4v) is 1.64. The van der Waals surface area contributed by atoms with E-state index < -0.39 is 0 Å². The smallest absolute Gasteiger partial charge is 0.191 e. The molecule has 1 N–H and O–H groups in total. The number of nitrogens with one attached hydrogen (secondary N) is 1. The summed E-state index contributed by atoms with van der Waals surface area (Å²) in [5, 5.41) is 11.4. The Morgan fingerprint density at radius 2 is 1.90 bits per heavy atom. The maximum Gasteiger partial charge on any atom is 0.191 e. The molecule has 0 unspecified atom stereocenters. The van der Waals surface area contributed by atoms with Crippen LogP contribution in [0.3, 0.4) is 0 Å². The third-order valence-electron chi connectivity index (χ3n) is 2.58. The third kappa shape index (κ3) is 0.944. The first-order valence-corrected chi connectivity index (χ1v) is 3.96. The van der Waals surface area contributed by atoms with E-state index in [1.807, 2.05) is 7.05 Å². The second kappa shape index (κ2) is 2.02. The SMILES string of the molecule is CNC1CCC2(CC1)N=N2. The lowest BCUT2D eigenvalue weighted by molar-refractivity contribution is 0.328. The second-order valence-corrected chi connectivity index (χ2v) is 3.25. The van der Waals surface area contributed by atoms with Crippen LogP contribution >= 0.6 is 0 Å². The van der Waals surface area contributed by atoms with Crippen molar-refractivity contribution in [3.8, 4) is 0 Å². The lowest BCUT2D eigenvalue weighted by Crippen LogP contribution is -2.33. The molecule has 0 saturated heterocycles. The van der Waals surface area contributed by atoms with Gasteiger partial charge in [-0.3, -0.25) is 0 Å². The minimum absolute atomic E-state index is 0.118. The number of hydrogen-bond acceptors (Lipinski definition) is 3. The number of nitrogens with zero attached hydrogens (tertiary/aromatic N) is 2. The average molecular weight is 139 g/mol. The molecule has 3 nitrogen and oxygen atoms in total. The summed E-state index contributed by atoms with van der Waals surface area (Å²) in [6, 6.07) is 0.719. The zero-order chi connectivity index (χ0) is 7.03. The van der Waals surface area contributed by atoms with E-state index in [0.29, 0.717) is 0 Å². The van der Waals surface area contributed by atoms with Gasteiger partial charge < -0.3 is 5.32 Å². The molecule has 0 aromatic heterocycles. The Morgan fingerprint density at radius 3 is 2.30 bits per heavy atom. The fourth-order valence-electron chi connectivity index (χ4n) is 1.64. The second-order valence-electron chi connectivity index (χ2n) is 3.25. The molecule has 1 fully saturated rings. The molecule has 0 radical (unpaired) electrons. The van der Waals surface area contributed by atoms with E-state index >= 15 is 0 Å². The minimum Gasteiger partial charge on any atom is -0.317 e. The van der Waals surface area contributed by atoms with Crippen LogP contribution in [0.2, 0.25) is 0 Å². The third-order valence-corrected chi connectivity index (χ3v) is 2.58. The molecule has 0 bridgehead atoms. The van der Waals surface area contributed by atoms with Gasteiger partial charge in [0.05, 0.1) is 0 Å². The standard InChI is InChI=1S/C7H13N3/c1-8-6-2-4-7(5-3-6)9-10-7/h6,8H,2-5H2,1H3. The van der Waals surface area contributed by atoms with Gasteiger partial charge in [-0.25, -0.2) is 0 Å². The van der Waals surface area contributed by atoms with Crippen molar-refractivity contribution in [3.63, 3.8) is 0 Å². The maximum absolute atomic E-state index is 4.06. The Hall–Kier alpha value is -0.440. The highest BCUT2D eigenvalue weighted by Crippen LogP contribution is 2.41. The van der Waals surface area contributed by atoms with Crippen molar-refractivity contribution in [1.82, 2.24) is 5.32 Å². The summed E-state index contributed by atoms with van der Waals surface area (Å²) in [6.07, 6.45) is 4.81. The lowest BCUT2D eigenvalue weighted by atomic mass is 9.89. The first-order chi connectivity index (χ1) is 4.85. The van der Waals surface area contributed by atoms with Crippen LogP contribution < -0.4 is 5.32 Å². The van der Waals surface area contributed by atoms with Gasteiger partial charge in [-0.1, -0.05) is 0 Å². The predicted octanol–water partition coefficient (Wildman–Crippen LogP) is 1.31. The van der Waals surface area contributed by atoms with Gasteiger partial charge in [0.2, 0.25) is 0 Å². The topological polar surface area (TPSA) is 36.8 Å². The van der Waals surface area contributed by atoms with Crippen LogP contribution in [-0.2, 0) is 0 Å². The molecule has 1 aliphatic carbocycles. The number of rotatable bonds is 1. The van der Waals surface area contributed by atoms with Gasteiger partial charge >= 0.3 is 0 Å². The summed E-state index contributed by atoms with van der Waals surface area (Å²) in [4.78, 5) is 0. The first-order valence-electron chi connectivity index (χ1n) is 3.96. The van der Waals surface area contributed by atoms with Gasteiger partial charge in [-0.2, -0.15) is 10.2 Å². The van der Waals surface area contributed by atoms with Crippen LogP contribution in [-0.4, -0.2) is 18.8 Å². The van der Waals surface area contributed by atoms with E-state index in [2.05, 4.69) is 15.5 Å². The van der Waals surface area contributed by atoms with E-state index in [1.165, 1.54) is 25.7 Å². The summed E-state index contributed by atoms with van der Waals surface area (Å²) in [7, 11) is 2.03. The van der Waals surface area contributed by atoms with Gasteiger partial charge in [0, 0.05) is 6.04 Å². The van der Waals surface area contributed by atoms with E-state index in [9.17, 15) is 0 Å². The molecule has 0 amide bonds. The molecule has 1 aliphatic heterocycles. The lowest BCUT2D eigenvalue weighted by Gasteiger charge is -2.24. The summed E-state index contributed by atoms with van der Waals surface area (Å²) >= 11 is 0. The molecule has 0 atom stereocenters. The Morgan fingerprint density at radius 1 is 1.30 bits per heavy atom. The van der Waals surface area contributed by atoms with Gasteiger partial charge in [0.1, 0.15) is 0 Å². The quantitative estimate of drug-likeness (QED) is 0.584. The Kier molecular flexibility index (Phi) is 1.27. The van der Waals surface area contributed by atoms with Crippen molar-refractivity contribution in [3.05, 3.63) is 0 Å². The van der Waals surface area contributed by atoms with Crippen molar-refractivity contribution < 1.29 is 0 Å². The molecule has 1 heterocycles. The molecule has 1 saturated carbocycles. The van der Waals surface area contributed by atoms with Crippen LogP contribution in [0.4, 0.5) is 0 Å². The number of hydrogen-bond donors (Lipinski definition) is 1. The largest absolute Gasteiger partial charge is 0.317 e. The van der Waals surface area contributed by atoms with Gasteiger partial charge in [-0.15, -0.1) is 0 Å². The van der Waals surface area contributed by atoms with Crippen LogP contribution in [0.25, 0.3) is 0 Å². The molecular formula is C7H13N3. The predicted molar refractivity (Wildman–Crippen MR) is 38.9 cm³/mol. The van der Waals surface area contributed by atoms with Crippen LogP contribution in [0.5, 0.6) is 0 Å². The van der Waals surface area contributed by atoms with Crippen molar-refractivity contribution >= 4 is 0 Å². The Labute approximate surface area is 60.9 Å². The summed E-state index contributed by atoms with van der Waals surface area (Å²) < 4.78 is 0. The Bertz CT molecular complexity index is 148. The van der Waals surface area contributed by atoms with Gasteiger partial charge in [0.15, 0.2) is 5.66 Å². The van der Waals surface area contributed by atoms with Gasteiger partial charge in [-0.05, 0) is 32.7 Å². The molecule has 2 rings (SSSR count).